The molecule has 2 heterocycles. The number of benzene rings is 2. The van der Waals surface area contributed by atoms with Gasteiger partial charge in [-0.25, -0.2) is 9.59 Å². The third-order valence-electron chi connectivity index (χ3n) is 5.85. The predicted molar refractivity (Wildman–Crippen MR) is 173 cm³/mol. The van der Waals surface area contributed by atoms with Gasteiger partial charge in [0.2, 0.25) is 0 Å². The monoisotopic (exact) mass is 708 g/mol. The summed E-state index contributed by atoms with van der Waals surface area (Å²) >= 11 is 14.7. The quantitative estimate of drug-likeness (QED) is 0.175. The van der Waals surface area contributed by atoms with Gasteiger partial charge in [-0.1, -0.05) is 98.8 Å². The summed E-state index contributed by atoms with van der Waals surface area (Å²) in [6, 6.07) is 17.7. The van der Waals surface area contributed by atoms with Crippen LogP contribution in [0, 0.1) is 13.8 Å². The number of aryl methyl sites for hydroxylation is 2. The number of esters is 1. The molecule has 0 spiro atoms. The lowest BCUT2D eigenvalue weighted by atomic mass is 10.1. The van der Waals surface area contributed by atoms with Crippen LogP contribution in [-0.2, 0) is 34.0 Å². The molecule has 0 radical (unpaired) electrons. The molecule has 14 heteroatoms. The highest BCUT2D eigenvalue weighted by Crippen LogP contribution is 2.09. The summed E-state index contributed by atoms with van der Waals surface area (Å²) in [6.45, 7) is 5.62. The first-order valence-electron chi connectivity index (χ1n) is 13.0. The molecule has 0 atom stereocenters. The standard InChI is InChI=1S/C15H15ClN2O3.C12H11ClN2O2.C3H5BrO2/c1-10-3-5-12(6-4-10)9-17-13(16)7-14(20)18(15(17)21)8-11(2)19;1-8-2-4-9(5-3-8)7-15-10(13)6-11(16)14-12(15)17;1-6-3(5)2-4/h3-7H,8-9H2,1-2H3;2-6H,7H2,1H3,(H,14,16,17);2H2,1H3. The summed E-state index contributed by atoms with van der Waals surface area (Å²) in [5, 5.41) is 0.480. The molecule has 0 saturated heterocycles. The molecule has 0 amide bonds. The fraction of sp³-hybridized carbons (Fsp3) is 0.267. The van der Waals surface area contributed by atoms with E-state index in [9.17, 15) is 28.8 Å². The van der Waals surface area contributed by atoms with Gasteiger partial charge in [0.25, 0.3) is 11.1 Å². The Bertz CT molecular complexity index is 1820. The minimum absolute atomic E-state index is 0.0605. The number of ether oxygens (including phenoxy) is 1. The van der Waals surface area contributed by atoms with Crippen LogP contribution >= 0.6 is 39.1 Å². The SMILES string of the molecule is CC(=O)Cn1c(=O)cc(Cl)n(Cc2ccc(C)cc2)c1=O.COC(=O)CBr.Cc1ccc(Cn2c(Cl)cc(=O)[nH]c2=O)cc1. The molecule has 0 bridgehead atoms. The summed E-state index contributed by atoms with van der Waals surface area (Å²) in [6.07, 6.45) is 0. The average molecular weight is 710 g/mol. The smallest absolute Gasteiger partial charge is 0.332 e. The molecule has 1 N–H and O–H groups in total. The van der Waals surface area contributed by atoms with Crippen LogP contribution in [0.15, 0.2) is 79.8 Å². The highest BCUT2D eigenvalue weighted by Gasteiger charge is 2.12. The van der Waals surface area contributed by atoms with Gasteiger partial charge in [-0.15, -0.1) is 0 Å². The number of alkyl halides is 1. The van der Waals surface area contributed by atoms with Crippen molar-refractivity contribution in [2.75, 3.05) is 12.4 Å². The number of H-pyrrole nitrogens is 1. The number of ketones is 1. The fourth-order valence-electron chi connectivity index (χ4n) is 3.55. The molecular weight excluding hydrogens is 679 g/mol. The van der Waals surface area contributed by atoms with Gasteiger partial charge in [0, 0.05) is 12.1 Å². The Morgan fingerprint density at radius 3 is 1.68 bits per heavy atom. The number of Topliss-reactive ketones (excluding diaryl/α,β-unsaturated/α-hetero) is 1. The Morgan fingerprint density at radius 2 is 1.27 bits per heavy atom. The molecule has 2 aromatic carbocycles. The van der Waals surface area contributed by atoms with E-state index >= 15 is 0 Å². The van der Waals surface area contributed by atoms with Crippen molar-refractivity contribution in [3.63, 3.8) is 0 Å². The van der Waals surface area contributed by atoms with Crippen LogP contribution in [0.2, 0.25) is 10.3 Å². The number of aromatic amines is 1. The van der Waals surface area contributed by atoms with Crippen molar-refractivity contribution in [3.05, 3.63) is 135 Å². The van der Waals surface area contributed by atoms with Crippen molar-refractivity contribution in [1.29, 1.82) is 0 Å². The fourth-order valence-corrected chi connectivity index (χ4v) is 4.24. The van der Waals surface area contributed by atoms with E-state index in [1.807, 2.05) is 62.4 Å². The molecule has 0 aliphatic carbocycles. The van der Waals surface area contributed by atoms with Crippen LogP contribution in [0.5, 0.6) is 0 Å². The maximum Gasteiger partial charge on any atom is 0.332 e. The molecule has 0 saturated carbocycles. The van der Waals surface area contributed by atoms with E-state index in [4.69, 9.17) is 23.2 Å². The lowest BCUT2D eigenvalue weighted by Crippen LogP contribution is -2.41. The highest BCUT2D eigenvalue weighted by molar-refractivity contribution is 9.09. The van der Waals surface area contributed by atoms with E-state index < -0.39 is 22.5 Å². The number of halogens is 3. The Kier molecular flexibility index (Phi) is 14.3. The van der Waals surface area contributed by atoms with Crippen molar-refractivity contribution >= 4 is 50.9 Å². The van der Waals surface area contributed by atoms with Gasteiger partial charge in [0.1, 0.15) is 21.4 Å². The van der Waals surface area contributed by atoms with Crippen LogP contribution in [0.4, 0.5) is 0 Å². The van der Waals surface area contributed by atoms with Crippen molar-refractivity contribution in [3.8, 4) is 0 Å². The van der Waals surface area contributed by atoms with E-state index in [1.165, 1.54) is 29.2 Å². The number of hydrogen-bond acceptors (Lipinski definition) is 7. The first kappa shape index (κ1) is 36.2. The molecule has 0 fully saturated rings. The second-order valence-corrected chi connectivity index (χ2v) is 10.8. The zero-order valence-electron chi connectivity index (χ0n) is 24.4. The predicted octanol–water partition coefficient (Wildman–Crippen LogP) is 3.71. The Labute approximate surface area is 270 Å². The largest absolute Gasteiger partial charge is 0.468 e. The highest BCUT2D eigenvalue weighted by atomic mass is 79.9. The molecule has 234 valence electrons. The van der Waals surface area contributed by atoms with Gasteiger partial charge in [-0.3, -0.25) is 37.9 Å². The second kappa shape index (κ2) is 17.3. The van der Waals surface area contributed by atoms with E-state index in [0.29, 0.717) is 6.54 Å². The minimum Gasteiger partial charge on any atom is -0.468 e. The summed E-state index contributed by atoms with van der Waals surface area (Å²) in [7, 11) is 1.35. The van der Waals surface area contributed by atoms with Gasteiger partial charge in [0.15, 0.2) is 0 Å². The van der Waals surface area contributed by atoms with Crippen molar-refractivity contribution in [1.82, 2.24) is 18.7 Å². The molecule has 4 aromatic rings. The summed E-state index contributed by atoms with van der Waals surface area (Å²) in [4.78, 5) is 69.9. The van der Waals surface area contributed by atoms with Crippen molar-refractivity contribution in [2.45, 2.75) is 40.4 Å². The molecule has 0 aliphatic rings. The average Bonchev–Trinajstić information content (AvgIpc) is 2.97. The van der Waals surface area contributed by atoms with Gasteiger partial charge in [0.05, 0.1) is 26.7 Å². The number of aromatic nitrogens is 4. The van der Waals surface area contributed by atoms with Gasteiger partial charge >= 0.3 is 17.3 Å². The molecule has 4 rings (SSSR count). The minimum atomic E-state index is -0.580. The zero-order valence-corrected chi connectivity index (χ0v) is 27.5. The first-order chi connectivity index (χ1) is 20.7. The molecule has 44 heavy (non-hydrogen) atoms. The second-order valence-electron chi connectivity index (χ2n) is 9.49. The van der Waals surface area contributed by atoms with Crippen LogP contribution in [-0.4, -0.2) is 42.9 Å². The Hall–Kier alpha value is -4.00. The number of rotatable bonds is 7. The topological polar surface area (TPSA) is 142 Å². The maximum absolute atomic E-state index is 12.3. The van der Waals surface area contributed by atoms with Crippen molar-refractivity contribution < 1.29 is 14.3 Å². The van der Waals surface area contributed by atoms with Crippen LogP contribution in [0.3, 0.4) is 0 Å². The molecule has 11 nitrogen and oxygen atoms in total. The normalized spacial score (nSPS) is 10.2. The van der Waals surface area contributed by atoms with Gasteiger partial charge < -0.3 is 4.74 Å². The molecule has 0 unspecified atom stereocenters. The lowest BCUT2D eigenvalue weighted by Gasteiger charge is -2.11. The first-order valence-corrected chi connectivity index (χ1v) is 14.9. The number of hydrogen-bond donors (Lipinski definition) is 1. The van der Waals surface area contributed by atoms with Crippen molar-refractivity contribution in [2.24, 2.45) is 0 Å². The maximum atomic E-state index is 12.3. The third kappa shape index (κ3) is 11.3. The number of nitrogens with zero attached hydrogens (tertiary/aromatic N) is 3. The number of nitrogens with one attached hydrogen (secondary N) is 1. The van der Waals surface area contributed by atoms with E-state index in [-0.39, 0.29) is 40.5 Å². The number of carbonyl (C=O) groups excluding carboxylic acids is 2. The van der Waals surface area contributed by atoms with Gasteiger partial charge in [-0.2, -0.15) is 0 Å². The van der Waals surface area contributed by atoms with Gasteiger partial charge in [-0.05, 0) is 31.9 Å². The zero-order chi connectivity index (χ0) is 33.0. The number of carbonyl (C=O) groups is 2. The summed E-state index contributed by atoms with van der Waals surface area (Å²) in [5.74, 6) is -0.506. The van der Waals surface area contributed by atoms with Crippen LogP contribution in [0.25, 0.3) is 0 Å². The molecule has 0 aliphatic heterocycles. The van der Waals surface area contributed by atoms with Crippen LogP contribution in [0.1, 0.15) is 29.2 Å². The number of methoxy groups -OCH3 is 1. The van der Waals surface area contributed by atoms with E-state index in [1.54, 1.807) is 0 Å². The van der Waals surface area contributed by atoms with E-state index in [2.05, 4.69) is 25.7 Å². The molecular formula is C30H31BrCl2N4O7. The summed E-state index contributed by atoms with van der Waals surface area (Å²) < 4.78 is 7.69. The van der Waals surface area contributed by atoms with E-state index in [0.717, 1.165) is 32.9 Å². The Balaban J connectivity index is 0.000000263. The van der Waals surface area contributed by atoms with Crippen LogP contribution < -0.4 is 22.5 Å². The Morgan fingerprint density at radius 1 is 0.795 bits per heavy atom. The third-order valence-corrected chi connectivity index (χ3v) is 6.94. The summed E-state index contributed by atoms with van der Waals surface area (Å²) in [5.41, 5.74) is 1.96. The lowest BCUT2D eigenvalue weighted by molar-refractivity contribution is -0.137. The molecule has 2 aromatic heterocycles.